The topological polar surface area (TPSA) is 703 Å². The number of nitrogens with zero attached hydrogens (tertiary/aromatic N) is 13. The van der Waals surface area contributed by atoms with Gasteiger partial charge in [-0.25, -0.2) is 52.1 Å². The van der Waals surface area contributed by atoms with E-state index in [1.807, 2.05) is 0 Å². The number of anilines is 4. The maximum Gasteiger partial charge on any atom is 0.490 e. The van der Waals surface area contributed by atoms with E-state index in [0.29, 0.717) is 0 Å². The summed E-state index contributed by atoms with van der Waals surface area (Å²) in [6.45, 7) is -9.21. The summed E-state index contributed by atoms with van der Waals surface area (Å²) in [6.07, 6.45) is -22.6. The highest BCUT2D eigenvalue weighted by Gasteiger charge is 2.60. The number of aliphatic hydroxyl groups excluding tert-OH is 4. The van der Waals surface area contributed by atoms with Gasteiger partial charge < -0.3 is 101 Å². The number of alkyl halides is 1. The van der Waals surface area contributed by atoms with Crippen LogP contribution in [-0.4, -0.2) is 219 Å². The lowest BCUT2D eigenvalue weighted by atomic mass is 9.98. The minimum atomic E-state index is -6.34. The molecule has 0 radical (unpaired) electrons. The number of nitrogen functional groups attached to an aromatic ring is 4. The fourth-order valence-electron chi connectivity index (χ4n) is 11.2. The minimum Gasteiger partial charge on any atom is -0.780 e. The van der Waals surface area contributed by atoms with Crippen LogP contribution in [0.15, 0.2) is 46.0 Å². The van der Waals surface area contributed by atoms with E-state index in [2.05, 4.69) is 63.4 Å². The molecule has 4 aliphatic rings. The Morgan fingerprint density at radius 1 is 0.596 bits per heavy atom. The van der Waals surface area contributed by atoms with Crippen molar-refractivity contribution in [1.29, 1.82) is 0 Å². The van der Waals surface area contributed by atoms with Crippen molar-refractivity contribution in [3.8, 4) is 0 Å². The summed E-state index contributed by atoms with van der Waals surface area (Å²) in [4.78, 5) is 134. The van der Waals surface area contributed by atoms with Crippen molar-refractivity contribution >= 4 is 118 Å². The average Bonchev–Trinajstić information content (AvgIpc) is 1.60. The highest BCUT2D eigenvalue weighted by atomic mass is 32.5. The number of aromatic amines is 3. The van der Waals surface area contributed by atoms with Gasteiger partial charge in [-0.2, -0.15) is 28.1 Å². The highest BCUT2D eigenvalue weighted by Crippen LogP contribution is 2.68. The Kier molecular flexibility index (Phi) is 19.5. The van der Waals surface area contributed by atoms with Crippen LogP contribution in [0, 0.1) is 0 Å². The second-order valence-electron chi connectivity index (χ2n) is 22.2. The molecule has 4 saturated heterocycles. The summed E-state index contributed by atoms with van der Waals surface area (Å²) in [6, 6.07) is 0. The molecule has 56 heteroatoms. The van der Waals surface area contributed by atoms with Gasteiger partial charge in [0, 0.05) is 7.11 Å². The Bertz CT molecular complexity index is 4890. The van der Waals surface area contributed by atoms with Crippen molar-refractivity contribution in [2.24, 2.45) is 7.05 Å². The molecule has 0 saturated carbocycles. The van der Waals surface area contributed by atoms with Gasteiger partial charge >= 0.3 is 36.9 Å². The monoisotopic (exact) mass is 1520 g/mol. The molecule has 21 atom stereocenters. The third-order valence-corrected chi connectivity index (χ3v) is 22.4. The van der Waals surface area contributed by atoms with E-state index in [0.717, 1.165) is 53.0 Å². The van der Waals surface area contributed by atoms with E-state index in [-0.39, 0.29) is 62.4 Å². The summed E-state index contributed by atoms with van der Waals surface area (Å²) in [7, 11) is -21.6. The SMILES string of the molecule is COC1C(OP([O-])(=S)OCC2OC(n3cnc4c(=O)[nH]c(N)nc43)C(O)C2OP(=O)(O)OCC2OC(n3cnc4c(=O)[nH]c(N)nc43)C(O)C2O)C(COP(=O)(O)OP(=O)(O)OP(=O)(O)OCC2OC(n3c[n+](C)c4c(=O)[nH]c(N)nc43)C(C)(F)C2O)OC1n1cnc2c(N)ncnc21. The lowest BCUT2D eigenvalue weighted by Gasteiger charge is -2.35. The number of ether oxygens (including phenoxy) is 5. The molecular formula is C43H56FN20O29P5S. The molecule has 99 heavy (non-hydrogen) atoms. The first kappa shape index (κ1) is 72.2. The van der Waals surface area contributed by atoms with Crippen molar-refractivity contribution in [3.05, 3.63) is 62.7 Å². The third kappa shape index (κ3) is 14.3. The number of fused-ring (bicyclic) bond motifs is 4. The highest BCUT2D eigenvalue weighted by molar-refractivity contribution is 8.06. The first-order valence-electron chi connectivity index (χ1n) is 28.0. The molecule has 21 unspecified atom stereocenters. The summed E-state index contributed by atoms with van der Waals surface area (Å²) >= 11 is 5.30. The van der Waals surface area contributed by atoms with Gasteiger partial charge in [-0.15, -0.1) is 0 Å². The van der Waals surface area contributed by atoms with Gasteiger partial charge in [-0.3, -0.25) is 61.1 Å². The number of aryl methyl sites for hydroxylation is 1. The zero-order valence-electron chi connectivity index (χ0n) is 50.2. The largest absolute Gasteiger partial charge is 0.780 e. The minimum absolute atomic E-state index is 0.0108. The quantitative estimate of drug-likeness (QED) is 0.0188. The van der Waals surface area contributed by atoms with E-state index in [4.69, 9.17) is 85.6 Å². The summed E-state index contributed by atoms with van der Waals surface area (Å²) in [5, 5.41) is 44.8. The molecule has 12 heterocycles. The van der Waals surface area contributed by atoms with Gasteiger partial charge in [0.05, 0.1) is 52.5 Å². The van der Waals surface area contributed by atoms with Crippen molar-refractivity contribution in [2.45, 2.75) is 105 Å². The van der Waals surface area contributed by atoms with Gasteiger partial charge in [0.15, 0.2) is 52.5 Å². The van der Waals surface area contributed by atoms with Crippen LogP contribution in [0.2, 0.25) is 0 Å². The molecule has 0 amide bonds. The van der Waals surface area contributed by atoms with E-state index >= 15 is 4.39 Å². The number of nitrogens with one attached hydrogen (secondary N) is 3. The molecule has 0 aromatic carbocycles. The Labute approximate surface area is 551 Å². The Hall–Kier alpha value is -6.58. The zero-order chi connectivity index (χ0) is 71.5. The van der Waals surface area contributed by atoms with Crippen LogP contribution >= 0.6 is 38.0 Å². The van der Waals surface area contributed by atoms with Gasteiger partial charge in [-0.05, 0) is 6.92 Å². The van der Waals surface area contributed by atoms with Crippen LogP contribution in [0.4, 0.5) is 28.1 Å². The van der Waals surface area contributed by atoms with Gasteiger partial charge in [0.25, 0.3) is 22.3 Å². The van der Waals surface area contributed by atoms with E-state index in [1.54, 1.807) is 0 Å². The number of phosphoric acid groups is 4. The number of methoxy groups -OCH3 is 1. The number of phosphoric ester groups is 3. The van der Waals surface area contributed by atoms with Gasteiger partial charge in [-0.1, -0.05) is 11.8 Å². The number of hydrogen-bond donors (Lipinski definition) is 15. The summed E-state index contributed by atoms with van der Waals surface area (Å²) in [5.41, 5.74) is 16.5. The first-order chi connectivity index (χ1) is 46.4. The molecule has 0 bridgehead atoms. The van der Waals surface area contributed by atoms with Crippen LogP contribution < -0.4 is 49.1 Å². The molecule has 8 aromatic rings. The number of H-pyrrole nitrogens is 3. The number of rotatable bonds is 25. The Morgan fingerprint density at radius 3 is 1.68 bits per heavy atom. The average molecular weight is 1520 g/mol. The smallest absolute Gasteiger partial charge is 0.490 e. The first-order valence-corrected chi connectivity index (χ1v) is 36.6. The standard InChI is InChI=1S/C43H56FN20O29P5S/c1-43(44)27(68)16(89-39(43)64-12-60(2)20-32(64)56-42(48)59-35(20)71)7-84-96(76,77)93-97(78,79)92-95(74,75)83-5-15-25(26(81-3)38(88-15)61-9-51-17-28(45)49-8-50-29(17)61)91-98(80,99)85-6-14-24(23(67)37(87-14)63-11-53-19-31(63)55-41(47)58-34(19)70)90-94(72,73)82-4-13-21(65)22(66)36(86-13)62-10-52-18-30(62)54-40(46)57-33(18)69/h8-16,21-27,36-39,65-68H,4-7H2,1-3H3,(H15-,45,46,47,48,49,50,54,55,56,57,58,59,69,70,71,72,73,74,75,76,77,78,79,80,99). The Balaban J connectivity index is 0.742. The fourth-order valence-corrected chi connectivity index (χ4v) is 17.1. The van der Waals surface area contributed by atoms with Crippen molar-refractivity contribution < 1.29 is 132 Å². The van der Waals surface area contributed by atoms with Crippen LogP contribution in [0.3, 0.4) is 0 Å². The van der Waals surface area contributed by atoms with E-state index in [1.165, 1.54) is 22.5 Å². The lowest BCUT2D eigenvalue weighted by molar-refractivity contribution is -0.646. The van der Waals surface area contributed by atoms with Crippen molar-refractivity contribution in [1.82, 2.24) is 73.1 Å². The second-order valence-corrected chi connectivity index (χ2v) is 30.9. The number of imidazole rings is 4. The number of hydrogen-bond acceptors (Lipinski definition) is 38. The molecule has 12 rings (SSSR count). The molecule has 19 N–H and O–H groups in total. The van der Waals surface area contributed by atoms with Crippen LogP contribution in [0.5, 0.6) is 0 Å². The number of halogens is 1. The van der Waals surface area contributed by atoms with Gasteiger partial charge in [0.1, 0.15) is 85.7 Å². The molecule has 4 fully saturated rings. The van der Waals surface area contributed by atoms with Gasteiger partial charge in [0.2, 0.25) is 36.1 Å². The third-order valence-electron chi connectivity index (χ3n) is 15.6. The maximum atomic E-state index is 16.3. The molecular weight excluding hydrogens is 1470 g/mol. The van der Waals surface area contributed by atoms with Crippen molar-refractivity contribution in [3.63, 3.8) is 0 Å². The second kappa shape index (κ2) is 26.7. The van der Waals surface area contributed by atoms with E-state index in [9.17, 15) is 77.5 Å². The number of nitrogens with two attached hydrogens (primary N) is 4. The molecule has 4 aliphatic heterocycles. The molecule has 0 spiro atoms. The molecule has 49 nitrogen and oxygen atoms in total. The summed E-state index contributed by atoms with van der Waals surface area (Å²) in [5.74, 6) is -1.31. The molecule has 0 aliphatic carbocycles. The normalized spacial score (nSPS) is 31.3. The van der Waals surface area contributed by atoms with E-state index < -0.39 is 185 Å². The van der Waals surface area contributed by atoms with Crippen molar-refractivity contribution in [2.75, 3.05) is 56.5 Å². The number of aliphatic hydroxyl groups is 4. The molecule has 540 valence electrons. The fraction of sp³-hybridized carbons (Fsp3) is 0.535. The predicted molar refractivity (Wildman–Crippen MR) is 320 cm³/mol. The molecule has 8 aromatic heterocycles. The summed E-state index contributed by atoms with van der Waals surface area (Å²) < 4.78 is 145. The van der Waals surface area contributed by atoms with Crippen LogP contribution in [-0.2, 0) is 96.6 Å². The lowest BCUT2D eigenvalue weighted by Crippen LogP contribution is -2.41. The predicted octanol–water partition coefficient (Wildman–Crippen LogP) is -5.38. The maximum absolute atomic E-state index is 16.3. The van der Waals surface area contributed by atoms with Crippen LogP contribution in [0.1, 0.15) is 31.8 Å². The van der Waals surface area contributed by atoms with Crippen LogP contribution in [0.25, 0.3) is 44.7 Å². The zero-order valence-corrected chi connectivity index (χ0v) is 55.5. The Morgan fingerprint density at radius 2 is 1.08 bits per heavy atom. The number of aromatic nitrogens is 16.